The van der Waals surface area contributed by atoms with Crippen LogP contribution in [0.15, 0.2) is 47.7 Å². The van der Waals surface area contributed by atoms with Crippen molar-refractivity contribution in [3.63, 3.8) is 0 Å². The highest BCUT2D eigenvalue weighted by molar-refractivity contribution is 7.15. The molecule has 0 aliphatic carbocycles. The number of aromatic nitrogens is 5. The van der Waals surface area contributed by atoms with E-state index in [0.29, 0.717) is 29.9 Å². The van der Waals surface area contributed by atoms with Crippen molar-refractivity contribution in [1.82, 2.24) is 24.3 Å². The van der Waals surface area contributed by atoms with Gasteiger partial charge >= 0.3 is 5.97 Å². The molecule has 9 nitrogen and oxygen atoms in total. The van der Waals surface area contributed by atoms with Gasteiger partial charge in [0.25, 0.3) is 5.56 Å². The van der Waals surface area contributed by atoms with Crippen LogP contribution in [0.4, 0.5) is 0 Å². The number of thiazole rings is 1. The number of rotatable bonds is 5. The Kier molecular flexibility index (Phi) is 5.29. The minimum Gasteiger partial charge on any atom is -0.493 e. The SMILES string of the molecule is CC(C)n1ncnc1-c1nc2c(s1)CCOc1ccc(-c3cccn(CC(=O)O)c3=O)cc1-2. The summed E-state index contributed by atoms with van der Waals surface area (Å²) in [6, 6.07) is 9.06. The number of carboxylic acids is 1. The molecule has 4 heterocycles. The number of aliphatic carboxylic acids is 1. The highest BCUT2D eigenvalue weighted by Crippen LogP contribution is 2.41. The van der Waals surface area contributed by atoms with Gasteiger partial charge in [0.2, 0.25) is 0 Å². The summed E-state index contributed by atoms with van der Waals surface area (Å²) in [5.74, 6) is 0.348. The largest absolute Gasteiger partial charge is 0.493 e. The van der Waals surface area contributed by atoms with Gasteiger partial charge in [-0.05, 0) is 43.7 Å². The molecule has 0 fully saturated rings. The van der Waals surface area contributed by atoms with E-state index < -0.39 is 12.5 Å². The fourth-order valence-corrected chi connectivity index (χ4v) is 4.94. The van der Waals surface area contributed by atoms with Gasteiger partial charge in [0, 0.05) is 34.7 Å². The van der Waals surface area contributed by atoms with Crippen LogP contribution in [0, 0.1) is 0 Å². The van der Waals surface area contributed by atoms with Crippen molar-refractivity contribution >= 4 is 17.3 Å². The van der Waals surface area contributed by atoms with Crippen molar-refractivity contribution < 1.29 is 14.6 Å². The lowest BCUT2D eigenvalue weighted by Crippen LogP contribution is -2.24. The lowest BCUT2D eigenvalue weighted by atomic mass is 10.0. The lowest BCUT2D eigenvalue weighted by molar-refractivity contribution is -0.137. The van der Waals surface area contributed by atoms with Gasteiger partial charge in [-0.2, -0.15) is 5.10 Å². The first-order valence-electron chi connectivity index (χ1n) is 10.5. The fourth-order valence-electron chi connectivity index (χ4n) is 3.90. The van der Waals surface area contributed by atoms with E-state index in [1.807, 2.05) is 36.7 Å². The van der Waals surface area contributed by atoms with Gasteiger partial charge in [0.15, 0.2) is 10.8 Å². The molecule has 5 rings (SSSR count). The monoisotopic (exact) mass is 463 g/mol. The molecule has 3 aromatic heterocycles. The Morgan fingerprint density at radius 2 is 2.12 bits per heavy atom. The summed E-state index contributed by atoms with van der Waals surface area (Å²) >= 11 is 1.57. The average Bonchev–Trinajstić information content (AvgIpc) is 3.39. The van der Waals surface area contributed by atoms with Crippen LogP contribution in [0.2, 0.25) is 0 Å². The van der Waals surface area contributed by atoms with Crippen LogP contribution in [0.5, 0.6) is 5.75 Å². The minimum absolute atomic E-state index is 0.152. The Labute approximate surface area is 192 Å². The molecule has 33 heavy (non-hydrogen) atoms. The number of carboxylic acid groups (broad SMARTS) is 1. The highest BCUT2D eigenvalue weighted by Gasteiger charge is 2.24. The number of nitrogens with zero attached hydrogens (tertiary/aromatic N) is 5. The molecule has 1 aliphatic heterocycles. The normalized spacial score (nSPS) is 12.7. The van der Waals surface area contributed by atoms with E-state index in [2.05, 4.69) is 10.1 Å². The van der Waals surface area contributed by atoms with Crippen LogP contribution >= 0.6 is 11.3 Å². The van der Waals surface area contributed by atoms with Crippen molar-refractivity contribution in [3.05, 3.63) is 58.1 Å². The summed E-state index contributed by atoms with van der Waals surface area (Å²) in [4.78, 5) is 34.4. The van der Waals surface area contributed by atoms with Gasteiger partial charge in [-0.25, -0.2) is 14.6 Å². The molecule has 0 unspecified atom stereocenters. The van der Waals surface area contributed by atoms with Crippen LogP contribution in [0.1, 0.15) is 24.8 Å². The first-order valence-corrected chi connectivity index (χ1v) is 11.3. The van der Waals surface area contributed by atoms with Crippen LogP contribution < -0.4 is 10.3 Å². The lowest BCUT2D eigenvalue weighted by Gasteiger charge is -2.11. The number of hydrogen-bond donors (Lipinski definition) is 1. The smallest absolute Gasteiger partial charge is 0.323 e. The second kappa shape index (κ2) is 8.28. The van der Waals surface area contributed by atoms with E-state index in [4.69, 9.17) is 14.8 Å². The molecule has 0 bridgehead atoms. The van der Waals surface area contributed by atoms with Crippen LogP contribution in [0.3, 0.4) is 0 Å². The molecular formula is C23H21N5O4S. The summed E-state index contributed by atoms with van der Waals surface area (Å²) in [5, 5.41) is 14.2. The Bertz CT molecular complexity index is 1420. The Balaban J connectivity index is 1.62. The van der Waals surface area contributed by atoms with Gasteiger partial charge in [-0.3, -0.25) is 9.59 Å². The number of fused-ring (bicyclic) bond motifs is 3. The number of ether oxygens (including phenoxy) is 1. The van der Waals surface area contributed by atoms with E-state index >= 15 is 0 Å². The summed E-state index contributed by atoms with van der Waals surface area (Å²) in [6.45, 7) is 4.22. The molecule has 0 saturated carbocycles. The third-order valence-electron chi connectivity index (χ3n) is 5.41. The molecule has 0 radical (unpaired) electrons. The van der Waals surface area contributed by atoms with Crippen LogP contribution in [0.25, 0.3) is 33.2 Å². The van der Waals surface area contributed by atoms with Crippen molar-refractivity contribution in [2.45, 2.75) is 32.9 Å². The predicted octanol–water partition coefficient (Wildman–Crippen LogP) is 3.50. The molecule has 0 amide bonds. The van der Waals surface area contributed by atoms with E-state index in [1.165, 1.54) is 17.1 Å². The molecule has 10 heteroatoms. The molecule has 0 atom stereocenters. The standard InChI is InChI=1S/C23H21N5O4S/c1-13(2)28-21(24-12-25-28)22-26-20-16-10-14(5-6-17(16)32-9-7-18(20)33-22)15-4-3-8-27(23(15)31)11-19(29)30/h3-6,8,10,12-13H,7,9,11H2,1-2H3,(H,29,30). The molecule has 0 saturated heterocycles. The van der Waals surface area contributed by atoms with E-state index in [9.17, 15) is 9.59 Å². The zero-order valence-corrected chi connectivity index (χ0v) is 18.9. The van der Waals surface area contributed by atoms with E-state index in [1.54, 1.807) is 23.5 Å². The number of pyridine rings is 1. The summed E-state index contributed by atoms with van der Waals surface area (Å²) in [5.41, 5.74) is 2.34. The molecule has 4 aromatic rings. The second-order valence-electron chi connectivity index (χ2n) is 7.97. The molecule has 168 valence electrons. The summed E-state index contributed by atoms with van der Waals surface area (Å²) < 4.78 is 8.99. The minimum atomic E-state index is -1.07. The first kappa shape index (κ1) is 21.1. The van der Waals surface area contributed by atoms with Crippen molar-refractivity contribution in [1.29, 1.82) is 0 Å². The maximum Gasteiger partial charge on any atom is 0.323 e. The van der Waals surface area contributed by atoms with E-state index in [-0.39, 0.29) is 11.6 Å². The Morgan fingerprint density at radius 3 is 2.91 bits per heavy atom. The van der Waals surface area contributed by atoms with Gasteiger partial charge in [0.05, 0.1) is 12.3 Å². The van der Waals surface area contributed by atoms with Gasteiger partial charge in [-0.1, -0.05) is 6.07 Å². The van der Waals surface area contributed by atoms with Crippen molar-refractivity contribution in [2.75, 3.05) is 6.61 Å². The van der Waals surface area contributed by atoms with Crippen molar-refractivity contribution in [3.8, 4) is 39.0 Å². The van der Waals surface area contributed by atoms with Gasteiger partial charge < -0.3 is 14.4 Å². The number of hydrogen-bond acceptors (Lipinski definition) is 7. The molecule has 0 spiro atoms. The maximum absolute atomic E-state index is 12.9. The molecule has 1 aliphatic rings. The predicted molar refractivity (Wildman–Crippen MR) is 123 cm³/mol. The zero-order chi connectivity index (χ0) is 23.1. The fraction of sp³-hybridized carbons (Fsp3) is 0.261. The maximum atomic E-state index is 12.9. The second-order valence-corrected chi connectivity index (χ2v) is 9.05. The Hall–Kier alpha value is -3.79. The average molecular weight is 464 g/mol. The number of carbonyl (C=O) groups is 1. The molecule has 1 N–H and O–H groups in total. The third kappa shape index (κ3) is 3.82. The van der Waals surface area contributed by atoms with Crippen molar-refractivity contribution in [2.24, 2.45) is 0 Å². The summed E-state index contributed by atoms with van der Waals surface area (Å²) in [7, 11) is 0. The van der Waals surface area contributed by atoms with Crippen LogP contribution in [-0.4, -0.2) is 42.0 Å². The number of benzene rings is 1. The molecule has 1 aromatic carbocycles. The first-order chi connectivity index (χ1) is 15.9. The van der Waals surface area contributed by atoms with Gasteiger partial charge in [-0.15, -0.1) is 11.3 Å². The van der Waals surface area contributed by atoms with Gasteiger partial charge in [0.1, 0.15) is 18.6 Å². The molecular weight excluding hydrogens is 442 g/mol. The van der Waals surface area contributed by atoms with Crippen LogP contribution in [-0.2, 0) is 17.8 Å². The summed E-state index contributed by atoms with van der Waals surface area (Å²) in [6.07, 6.45) is 3.72. The quantitative estimate of drug-likeness (QED) is 0.482. The van der Waals surface area contributed by atoms with E-state index in [0.717, 1.165) is 27.0 Å². The zero-order valence-electron chi connectivity index (χ0n) is 18.1. The topological polar surface area (TPSA) is 112 Å². The Morgan fingerprint density at radius 1 is 1.27 bits per heavy atom. The highest BCUT2D eigenvalue weighted by atomic mass is 32.1. The third-order valence-corrected chi connectivity index (χ3v) is 6.52.